The molecule has 2 N–H and O–H groups in total. The van der Waals surface area contributed by atoms with Gasteiger partial charge in [-0.25, -0.2) is 14.4 Å². The Morgan fingerprint density at radius 3 is 2.00 bits per heavy atom. The molecule has 0 unspecified atom stereocenters. The summed E-state index contributed by atoms with van der Waals surface area (Å²) in [6.45, 7) is 0. The molecule has 0 aliphatic rings. The summed E-state index contributed by atoms with van der Waals surface area (Å²) in [4.78, 5) is 12.5. The van der Waals surface area contributed by atoms with Gasteiger partial charge in [-0.05, 0) is 146 Å². The Balaban J connectivity index is 0.000000126. The van der Waals surface area contributed by atoms with Crippen LogP contribution in [0.4, 0.5) is 16.0 Å². The van der Waals surface area contributed by atoms with Crippen molar-refractivity contribution in [1.82, 2.24) is 23.9 Å². The van der Waals surface area contributed by atoms with E-state index in [0.717, 1.165) is 48.7 Å². The maximum Gasteiger partial charge on any atom is 0.220 e. The number of para-hydroxylation sites is 6. The standard InChI is InChI=1S/C19H12IN3.C13H11N3.C6H3BrFI/c20-13-10-11-17-18(12-13)23-16-9-5-4-8-15(16)21-19(23)22(17)14-6-2-1-3-7-14;1-2-6-10(7-3-1)14-13-15-11-8-4-5-9-12(11)16-13;7-5-2-1-4(9)3-6(5)8/h1-12H;1-9H,(H2,14,15,16);1-3H. The SMILES string of the molecule is Fc1cc(I)ccc1Br.Ic1ccc2c(c1)n1c3ccccc3nc1n2-c1ccccc1.c1ccc(Nc2nc3ccccc3[nH]2)cc1. The topological polar surface area (TPSA) is 62.9 Å². The summed E-state index contributed by atoms with van der Waals surface area (Å²) in [5.41, 5.74) is 8.69. The lowest BCUT2D eigenvalue weighted by Gasteiger charge is -2.04. The molecule has 9 rings (SSSR count). The van der Waals surface area contributed by atoms with E-state index in [1.807, 2.05) is 72.8 Å². The van der Waals surface area contributed by atoms with Crippen molar-refractivity contribution in [3.05, 3.63) is 163 Å². The maximum absolute atomic E-state index is 12.5. The summed E-state index contributed by atoms with van der Waals surface area (Å²) in [6, 6.07) is 48.2. The second kappa shape index (κ2) is 14.5. The van der Waals surface area contributed by atoms with Crippen LogP contribution in [-0.4, -0.2) is 23.9 Å². The lowest BCUT2D eigenvalue weighted by atomic mass is 10.2. The van der Waals surface area contributed by atoms with Crippen LogP contribution in [0.5, 0.6) is 0 Å². The number of fused-ring (bicyclic) bond motifs is 6. The van der Waals surface area contributed by atoms with Crippen LogP contribution in [0.3, 0.4) is 0 Å². The van der Waals surface area contributed by atoms with Crippen molar-refractivity contribution in [2.75, 3.05) is 5.32 Å². The molecule has 0 spiro atoms. The molecule has 10 heteroatoms. The molecule has 0 bridgehead atoms. The number of nitrogens with zero attached hydrogens (tertiary/aromatic N) is 4. The van der Waals surface area contributed by atoms with Crippen molar-refractivity contribution >= 4 is 112 Å². The van der Waals surface area contributed by atoms with Gasteiger partial charge in [-0.2, -0.15) is 0 Å². The van der Waals surface area contributed by atoms with E-state index in [4.69, 9.17) is 4.98 Å². The molecule has 0 amide bonds. The van der Waals surface area contributed by atoms with Gasteiger partial charge in [-0.15, -0.1) is 0 Å². The summed E-state index contributed by atoms with van der Waals surface area (Å²) >= 11 is 7.48. The Hall–Kier alpha value is -4.27. The third-order valence-corrected chi connectivity index (χ3v) is 9.47. The minimum Gasteiger partial charge on any atom is -0.326 e. The first-order chi connectivity index (χ1) is 23.4. The van der Waals surface area contributed by atoms with Crippen molar-refractivity contribution in [2.45, 2.75) is 0 Å². The molecule has 9 aromatic rings. The highest BCUT2D eigenvalue weighted by Gasteiger charge is 2.16. The zero-order chi connectivity index (χ0) is 33.0. The fourth-order valence-electron chi connectivity index (χ4n) is 5.35. The number of H-pyrrole nitrogens is 1. The smallest absolute Gasteiger partial charge is 0.220 e. The zero-order valence-electron chi connectivity index (χ0n) is 25.2. The molecular weight excluding hydrogens is 893 g/mol. The van der Waals surface area contributed by atoms with E-state index in [1.165, 1.54) is 20.7 Å². The van der Waals surface area contributed by atoms with E-state index in [9.17, 15) is 4.39 Å². The van der Waals surface area contributed by atoms with Crippen molar-refractivity contribution in [1.29, 1.82) is 0 Å². The summed E-state index contributed by atoms with van der Waals surface area (Å²) in [5.74, 6) is 1.52. The normalized spacial score (nSPS) is 10.9. The molecule has 48 heavy (non-hydrogen) atoms. The fourth-order valence-corrected chi connectivity index (χ4v) is 6.52. The molecular formula is C38H26BrFI2N6. The molecule has 3 aromatic heterocycles. The van der Waals surface area contributed by atoms with Crippen LogP contribution in [0.2, 0.25) is 0 Å². The zero-order valence-corrected chi connectivity index (χ0v) is 31.1. The quantitative estimate of drug-likeness (QED) is 0.137. The van der Waals surface area contributed by atoms with E-state index < -0.39 is 0 Å². The molecule has 0 atom stereocenters. The monoisotopic (exact) mass is 918 g/mol. The van der Waals surface area contributed by atoms with Gasteiger partial charge in [-0.3, -0.25) is 8.97 Å². The van der Waals surface area contributed by atoms with Crippen LogP contribution in [0.1, 0.15) is 0 Å². The van der Waals surface area contributed by atoms with E-state index in [-0.39, 0.29) is 5.82 Å². The van der Waals surface area contributed by atoms with Gasteiger partial charge in [-0.1, -0.05) is 60.7 Å². The van der Waals surface area contributed by atoms with Gasteiger partial charge in [0.1, 0.15) is 5.82 Å². The highest BCUT2D eigenvalue weighted by molar-refractivity contribution is 14.1. The number of aromatic amines is 1. The van der Waals surface area contributed by atoms with Gasteiger partial charge in [0.2, 0.25) is 11.7 Å². The summed E-state index contributed by atoms with van der Waals surface area (Å²) in [5, 5.41) is 3.23. The Kier molecular flexibility index (Phi) is 9.73. The van der Waals surface area contributed by atoms with Crippen LogP contribution >= 0.6 is 61.1 Å². The Morgan fingerprint density at radius 1 is 0.625 bits per heavy atom. The highest BCUT2D eigenvalue weighted by atomic mass is 127. The highest BCUT2D eigenvalue weighted by Crippen LogP contribution is 2.30. The van der Waals surface area contributed by atoms with Crippen LogP contribution in [0, 0.1) is 13.0 Å². The van der Waals surface area contributed by atoms with E-state index in [2.05, 4.69) is 146 Å². The van der Waals surface area contributed by atoms with Gasteiger partial charge in [0.15, 0.2) is 0 Å². The van der Waals surface area contributed by atoms with Gasteiger partial charge in [0, 0.05) is 18.5 Å². The minimum absolute atomic E-state index is 0.207. The van der Waals surface area contributed by atoms with Crippen molar-refractivity contribution < 1.29 is 4.39 Å². The Morgan fingerprint density at radius 2 is 1.27 bits per heavy atom. The fraction of sp³-hybridized carbons (Fsp3) is 0. The summed E-state index contributed by atoms with van der Waals surface area (Å²) in [6.07, 6.45) is 0. The first kappa shape index (κ1) is 32.3. The first-order valence-electron chi connectivity index (χ1n) is 14.9. The van der Waals surface area contributed by atoms with Crippen molar-refractivity contribution in [2.24, 2.45) is 0 Å². The molecule has 0 aliphatic carbocycles. The molecule has 3 heterocycles. The third-order valence-electron chi connectivity index (χ3n) is 7.48. The van der Waals surface area contributed by atoms with E-state index >= 15 is 0 Å². The largest absolute Gasteiger partial charge is 0.326 e. The molecule has 236 valence electrons. The molecule has 6 nitrogen and oxygen atoms in total. The number of hydrogen-bond donors (Lipinski definition) is 2. The Bertz CT molecular complexity index is 2460. The Labute approximate surface area is 311 Å². The molecule has 0 fully saturated rings. The average molecular weight is 919 g/mol. The number of halogens is 4. The average Bonchev–Trinajstić information content (AvgIpc) is 3.78. The number of hydrogen-bond acceptors (Lipinski definition) is 3. The van der Waals surface area contributed by atoms with Crippen LogP contribution in [0.15, 0.2) is 150 Å². The number of imidazole rings is 3. The van der Waals surface area contributed by atoms with Gasteiger partial charge in [0.05, 0.1) is 37.6 Å². The second-order valence-electron chi connectivity index (χ2n) is 10.7. The van der Waals surface area contributed by atoms with Crippen molar-refractivity contribution in [3.8, 4) is 5.69 Å². The van der Waals surface area contributed by atoms with Gasteiger partial charge >= 0.3 is 0 Å². The molecule has 6 aromatic carbocycles. The van der Waals surface area contributed by atoms with Crippen LogP contribution in [0.25, 0.3) is 44.6 Å². The van der Waals surface area contributed by atoms with Crippen LogP contribution in [-0.2, 0) is 0 Å². The third kappa shape index (κ3) is 6.96. The van der Waals surface area contributed by atoms with Gasteiger partial charge in [0.25, 0.3) is 0 Å². The van der Waals surface area contributed by atoms with Crippen LogP contribution < -0.4 is 5.32 Å². The maximum atomic E-state index is 12.5. The summed E-state index contributed by atoms with van der Waals surface area (Å²) in [7, 11) is 0. The molecule has 0 saturated carbocycles. The summed E-state index contributed by atoms with van der Waals surface area (Å²) < 4.78 is 19.7. The molecule has 0 aliphatic heterocycles. The lowest BCUT2D eigenvalue weighted by Crippen LogP contribution is -1.94. The second-order valence-corrected chi connectivity index (χ2v) is 14.0. The predicted molar refractivity (Wildman–Crippen MR) is 215 cm³/mol. The number of benzene rings is 6. The number of rotatable bonds is 3. The van der Waals surface area contributed by atoms with Crippen molar-refractivity contribution in [3.63, 3.8) is 0 Å². The first-order valence-corrected chi connectivity index (χ1v) is 17.9. The molecule has 0 saturated heterocycles. The number of anilines is 2. The van der Waals surface area contributed by atoms with Gasteiger partial charge < -0.3 is 10.3 Å². The van der Waals surface area contributed by atoms with E-state index in [1.54, 1.807) is 6.07 Å². The molecule has 0 radical (unpaired) electrons. The minimum atomic E-state index is -0.207. The predicted octanol–water partition coefficient (Wildman–Crippen LogP) is 11.5. The number of nitrogens with one attached hydrogen (secondary N) is 2. The number of aromatic nitrogens is 5. The van der Waals surface area contributed by atoms with E-state index in [0.29, 0.717) is 4.47 Å². The lowest BCUT2D eigenvalue weighted by molar-refractivity contribution is 0.620.